The van der Waals surface area contributed by atoms with Crippen molar-refractivity contribution in [1.82, 2.24) is 14.8 Å². The van der Waals surface area contributed by atoms with E-state index in [1.54, 1.807) is 24.3 Å². The van der Waals surface area contributed by atoms with E-state index in [-0.39, 0.29) is 17.5 Å². The van der Waals surface area contributed by atoms with Crippen LogP contribution in [0.5, 0.6) is 0 Å². The Bertz CT molecular complexity index is 1140. The highest BCUT2D eigenvalue weighted by Crippen LogP contribution is 2.23. The van der Waals surface area contributed by atoms with Crippen molar-refractivity contribution >= 4 is 17.8 Å². The molecule has 0 bridgehead atoms. The van der Waals surface area contributed by atoms with Crippen LogP contribution in [0, 0.1) is 20.8 Å². The topological polar surface area (TPSA) is 81.5 Å². The van der Waals surface area contributed by atoms with Crippen LogP contribution in [0.3, 0.4) is 0 Å². The third-order valence-electron chi connectivity index (χ3n) is 5.51. The smallest absolute Gasteiger partial charge is 0.330 e. The van der Waals surface area contributed by atoms with Gasteiger partial charge in [-0.1, -0.05) is 47.0 Å². The van der Waals surface area contributed by atoms with Crippen molar-refractivity contribution in [2.45, 2.75) is 40.2 Å². The summed E-state index contributed by atoms with van der Waals surface area (Å²) in [5.41, 5.74) is 5.62. The molecular formula is C24H23N3O4. The molecule has 1 aromatic heterocycles. The molecule has 0 unspecified atom stereocenters. The first-order valence-electron chi connectivity index (χ1n) is 10.1. The summed E-state index contributed by atoms with van der Waals surface area (Å²) in [5.74, 6) is -1.88. The standard InChI is InChI=1S/C24H23N3O4/c1-15-8-10-18(11-9-15)14-26-17(3)19(16(2)25-26)12-13-22(28)31-27-23(29)20-6-4-5-7-21(20)24(27)30/h4-11H,12-14H2,1-3H3. The van der Waals surface area contributed by atoms with E-state index in [9.17, 15) is 14.4 Å². The lowest BCUT2D eigenvalue weighted by Crippen LogP contribution is -2.32. The Morgan fingerprint density at radius 3 is 2.16 bits per heavy atom. The van der Waals surface area contributed by atoms with Gasteiger partial charge in [-0.25, -0.2) is 4.79 Å². The van der Waals surface area contributed by atoms with Gasteiger partial charge < -0.3 is 4.84 Å². The van der Waals surface area contributed by atoms with Gasteiger partial charge in [0.25, 0.3) is 11.8 Å². The van der Waals surface area contributed by atoms with E-state index in [2.05, 4.69) is 29.4 Å². The van der Waals surface area contributed by atoms with Crippen molar-refractivity contribution in [2.24, 2.45) is 0 Å². The minimum Gasteiger partial charge on any atom is -0.330 e. The number of hydrogen-bond donors (Lipinski definition) is 0. The molecule has 0 aliphatic carbocycles. The summed E-state index contributed by atoms with van der Waals surface area (Å²) in [6, 6.07) is 14.7. The Balaban J connectivity index is 1.40. The molecule has 1 aliphatic heterocycles. The van der Waals surface area contributed by atoms with Crippen molar-refractivity contribution in [3.8, 4) is 0 Å². The first kappa shape index (κ1) is 20.5. The maximum atomic E-state index is 12.4. The van der Waals surface area contributed by atoms with Gasteiger partial charge in [-0.2, -0.15) is 5.10 Å². The summed E-state index contributed by atoms with van der Waals surface area (Å²) in [4.78, 5) is 42.1. The Hall–Kier alpha value is -3.74. The number of rotatable bonds is 6. The Labute approximate surface area is 180 Å². The van der Waals surface area contributed by atoms with Crippen LogP contribution >= 0.6 is 0 Å². The van der Waals surface area contributed by atoms with Gasteiger partial charge in [-0.15, -0.1) is 0 Å². The zero-order valence-corrected chi connectivity index (χ0v) is 17.7. The summed E-state index contributed by atoms with van der Waals surface area (Å²) in [6.07, 6.45) is 0.443. The van der Waals surface area contributed by atoms with Crippen LogP contribution in [0.25, 0.3) is 0 Å². The lowest BCUT2D eigenvalue weighted by Gasteiger charge is -2.12. The first-order valence-corrected chi connectivity index (χ1v) is 10.1. The number of amides is 2. The third-order valence-corrected chi connectivity index (χ3v) is 5.51. The second kappa shape index (κ2) is 8.18. The van der Waals surface area contributed by atoms with Crippen LogP contribution in [-0.2, 0) is 22.6 Å². The van der Waals surface area contributed by atoms with Gasteiger partial charge in [0.15, 0.2) is 0 Å². The molecule has 0 saturated heterocycles. The Morgan fingerprint density at radius 1 is 0.935 bits per heavy atom. The van der Waals surface area contributed by atoms with Gasteiger partial charge in [-0.3, -0.25) is 14.3 Å². The summed E-state index contributed by atoms with van der Waals surface area (Å²) in [6.45, 7) is 6.57. The molecule has 3 aromatic rings. The molecule has 2 heterocycles. The molecule has 0 spiro atoms. The first-order chi connectivity index (χ1) is 14.8. The Morgan fingerprint density at radius 2 is 1.55 bits per heavy atom. The predicted molar refractivity (Wildman–Crippen MR) is 113 cm³/mol. The number of imide groups is 1. The Kier molecular flexibility index (Phi) is 5.42. The molecule has 0 N–H and O–H groups in total. The van der Waals surface area contributed by atoms with Gasteiger partial charge in [0.1, 0.15) is 0 Å². The van der Waals surface area contributed by atoms with E-state index in [1.807, 2.05) is 25.5 Å². The van der Waals surface area contributed by atoms with Crippen LogP contribution in [0.1, 0.15) is 55.2 Å². The average Bonchev–Trinajstić information content (AvgIpc) is 3.16. The highest BCUT2D eigenvalue weighted by molar-refractivity contribution is 6.20. The molecule has 1 aliphatic rings. The van der Waals surface area contributed by atoms with Crippen LogP contribution in [0.15, 0.2) is 48.5 Å². The van der Waals surface area contributed by atoms with Crippen molar-refractivity contribution < 1.29 is 19.2 Å². The summed E-state index contributed by atoms with van der Waals surface area (Å²) >= 11 is 0. The summed E-state index contributed by atoms with van der Waals surface area (Å²) < 4.78 is 1.92. The molecule has 0 saturated carbocycles. The summed E-state index contributed by atoms with van der Waals surface area (Å²) in [7, 11) is 0. The van der Waals surface area contributed by atoms with Crippen LogP contribution < -0.4 is 0 Å². The lowest BCUT2D eigenvalue weighted by atomic mass is 10.1. The van der Waals surface area contributed by atoms with Crippen LogP contribution in [0.2, 0.25) is 0 Å². The molecule has 2 aromatic carbocycles. The van der Waals surface area contributed by atoms with E-state index in [0.29, 0.717) is 18.0 Å². The fourth-order valence-corrected chi connectivity index (χ4v) is 3.74. The van der Waals surface area contributed by atoms with E-state index >= 15 is 0 Å². The maximum absolute atomic E-state index is 12.4. The van der Waals surface area contributed by atoms with E-state index < -0.39 is 17.8 Å². The number of carbonyl (C=O) groups excluding carboxylic acids is 3. The maximum Gasteiger partial charge on any atom is 0.333 e. The molecule has 0 atom stereocenters. The second-order valence-electron chi connectivity index (χ2n) is 7.71. The number of hydroxylamine groups is 2. The zero-order valence-electron chi connectivity index (χ0n) is 17.7. The second-order valence-corrected chi connectivity index (χ2v) is 7.71. The lowest BCUT2D eigenvalue weighted by molar-refractivity contribution is -0.168. The highest BCUT2D eigenvalue weighted by Gasteiger charge is 2.38. The van der Waals surface area contributed by atoms with Crippen molar-refractivity contribution in [3.63, 3.8) is 0 Å². The SMILES string of the molecule is Cc1ccc(Cn2nc(C)c(CCC(=O)ON3C(=O)c4ccccc4C3=O)c2C)cc1. The number of aromatic nitrogens is 2. The molecule has 4 rings (SSSR count). The third kappa shape index (κ3) is 3.99. The van der Waals surface area contributed by atoms with Crippen molar-refractivity contribution in [1.29, 1.82) is 0 Å². The monoisotopic (exact) mass is 417 g/mol. The van der Waals surface area contributed by atoms with Gasteiger partial charge in [-0.05, 0) is 50.5 Å². The zero-order chi connectivity index (χ0) is 22.1. The minimum atomic E-state index is -0.639. The van der Waals surface area contributed by atoms with Crippen LogP contribution in [0.4, 0.5) is 0 Å². The number of aryl methyl sites for hydroxylation is 2. The fourth-order valence-electron chi connectivity index (χ4n) is 3.74. The number of nitrogens with zero attached hydrogens (tertiary/aromatic N) is 3. The normalized spacial score (nSPS) is 12.9. The van der Waals surface area contributed by atoms with Gasteiger partial charge in [0, 0.05) is 5.69 Å². The number of hydrogen-bond acceptors (Lipinski definition) is 5. The van der Waals surface area contributed by atoms with Crippen molar-refractivity contribution in [3.05, 3.63) is 87.7 Å². The van der Waals surface area contributed by atoms with Crippen LogP contribution in [-0.4, -0.2) is 32.6 Å². The highest BCUT2D eigenvalue weighted by atomic mass is 16.7. The molecule has 7 heteroatoms. The van der Waals surface area contributed by atoms with E-state index in [4.69, 9.17) is 4.84 Å². The largest absolute Gasteiger partial charge is 0.333 e. The quantitative estimate of drug-likeness (QED) is 0.573. The number of benzene rings is 2. The predicted octanol–water partition coefficient (Wildman–Crippen LogP) is 3.54. The molecular weight excluding hydrogens is 394 g/mol. The molecule has 7 nitrogen and oxygen atoms in total. The van der Waals surface area contributed by atoms with E-state index in [1.165, 1.54) is 5.56 Å². The van der Waals surface area contributed by atoms with Gasteiger partial charge in [0.05, 0.1) is 29.8 Å². The average molecular weight is 417 g/mol. The molecule has 2 amide bonds. The molecule has 31 heavy (non-hydrogen) atoms. The van der Waals surface area contributed by atoms with E-state index in [0.717, 1.165) is 22.5 Å². The molecule has 0 fully saturated rings. The van der Waals surface area contributed by atoms with Crippen molar-refractivity contribution in [2.75, 3.05) is 0 Å². The molecule has 0 radical (unpaired) electrons. The minimum absolute atomic E-state index is 0.0330. The number of fused-ring (bicyclic) bond motifs is 1. The van der Waals surface area contributed by atoms with Gasteiger partial charge >= 0.3 is 5.97 Å². The fraction of sp³-hybridized carbons (Fsp3) is 0.250. The summed E-state index contributed by atoms with van der Waals surface area (Å²) in [5, 5.41) is 5.16. The number of carbonyl (C=O) groups is 3. The molecule has 158 valence electrons. The van der Waals surface area contributed by atoms with Gasteiger partial charge in [0.2, 0.25) is 0 Å².